The first kappa shape index (κ1) is 23.3. The number of carbonyl (C=O) groups is 1. The summed E-state index contributed by atoms with van der Waals surface area (Å²) in [6, 6.07) is 17.5. The molecular formula is C23H25N7O3S. The maximum absolute atomic E-state index is 12.3. The van der Waals surface area contributed by atoms with Crippen LogP contribution in [-0.2, 0) is 22.9 Å². The fourth-order valence-electron chi connectivity index (χ4n) is 3.44. The van der Waals surface area contributed by atoms with Gasteiger partial charge in [-0.15, -0.1) is 15.3 Å². The number of amides is 1. The molecule has 0 radical (unpaired) electrons. The van der Waals surface area contributed by atoms with E-state index in [1.807, 2.05) is 37.3 Å². The number of rotatable bonds is 9. The van der Waals surface area contributed by atoms with Gasteiger partial charge in [-0.05, 0) is 55.3 Å². The molecule has 0 saturated carbocycles. The zero-order chi connectivity index (χ0) is 24.1. The predicted octanol–water partition coefficient (Wildman–Crippen LogP) is 1.71. The number of nitrogens with two attached hydrogens (primary N) is 1. The standard InChI is InChI=1S/C23H25N7O3S/c1-16-3-2-4-18(15-16)23(31)26-14-12-22-28-27-21-10-9-20(29-30(21)22)25-13-11-17-5-7-19(8-6-17)34(24,32)33/h2-10,15H,11-14H2,1H3,(H,25,29)(H,26,31)(H2,24,32,33). The number of hydrogen-bond donors (Lipinski definition) is 3. The molecule has 2 heterocycles. The van der Waals surface area contributed by atoms with Crippen LogP contribution in [-0.4, -0.2) is 47.2 Å². The number of nitrogens with zero attached hydrogens (tertiary/aromatic N) is 4. The van der Waals surface area contributed by atoms with Crippen LogP contribution in [0.1, 0.15) is 27.3 Å². The van der Waals surface area contributed by atoms with Crippen molar-refractivity contribution in [3.63, 3.8) is 0 Å². The van der Waals surface area contributed by atoms with Gasteiger partial charge >= 0.3 is 0 Å². The van der Waals surface area contributed by atoms with E-state index < -0.39 is 10.0 Å². The van der Waals surface area contributed by atoms with E-state index in [0.717, 1.165) is 11.1 Å². The second-order valence-corrected chi connectivity index (χ2v) is 9.41. The van der Waals surface area contributed by atoms with E-state index in [-0.39, 0.29) is 10.8 Å². The zero-order valence-electron chi connectivity index (χ0n) is 18.6. The van der Waals surface area contributed by atoms with Gasteiger partial charge in [-0.25, -0.2) is 13.6 Å². The highest BCUT2D eigenvalue weighted by atomic mass is 32.2. The van der Waals surface area contributed by atoms with Crippen molar-refractivity contribution in [2.24, 2.45) is 5.14 Å². The molecule has 0 aliphatic carbocycles. The third-order valence-corrected chi connectivity index (χ3v) is 6.14. The zero-order valence-corrected chi connectivity index (χ0v) is 19.4. The number of benzene rings is 2. The highest BCUT2D eigenvalue weighted by molar-refractivity contribution is 7.89. The number of primary sulfonamides is 1. The molecule has 10 nitrogen and oxygen atoms in total. The molecule has 4 rings (SSSR count). The van der Waals surface area contributed by atoms with Gasteiger partial charge in [-0.3, -0.25) is 4.79 Å². The van der Waals surface area contributed by atoms with Crippen LogP contribution in [0, 0.1) is 6.92 Å². The molecule has 176 valence electrons. The lowest BCUT2D eigenvalue weighted by Gasteiger charge is -2.08. The summed E-state index contributed by atoms with van der Waals surface area (Å²) in [5.74, 6) is 1.16. The topological polar surface area (TPSA) is 144 Å². The maximum atomic E-state index is 12.3. The second-order valence-electron chi connectivity index (χ2n) is 7.85. The number of sulfonamides is 1. The van der Waals surface area contributed by atoms with E-state index in [0.29, 0.717) is 48.8 Å². The van der Waals surface area contributed by atoms with Crippen LogP contribution < -0.4 is 15.8 Å². The van der Waals surface area contributed by atoms with Gasteiger partial charge < -0.3 is 10.6 Å². The summed E-state index contributed by atoms with van der Waals surface area (Å²) in [5, 5.41) is 24.2. The lowest BCUT2D eigenvalue weighted by Crippen LogP contribution is -2.26. The molecule has 0 aliphatic rings. The summed E-state index contributed by atoms with van der Waals surface area (Å²) in [6.07, 6.45) is 1.15. The number of aromatic nitrogens is 4. The summed E-state index contributed by atoms with van der Waals surface area (Å²) in [4.78, 5) is 12.4. The molecule has 4 aromatic rings. The van der Waals surface area contributed by atoms with Crippen LogP contribution in [0.3, 0.4) is 0 Å². The molecule has 2 aromatic carbocycles. The first-order valence-electron chi connectivity index (χ1n) is 10.7. The molecule has 2 aromatic heterocycles. The van der Waals surface area contributed by atoms with Gasteiger partial charge in [0.25, 0.3) is 5.91 Å². The Labute approximate surface area is 197 Å². The number of hydrogen-bond acceptors (Lipinski definition) is 7. The first-order chi connectivity index (χ1) is 16.3. The number of carbonyl (C=O) groups excluding carboxylic acids is 1. The molecule has 0 fully saturated rings. The van der Waals surface area contributed by atoms with Crippen molar-refractivity contribution in [1.29, 1.82) is 0 Å². The largest absolute Gasteiger partial charge is 0.368 e. The van der Waals surface area contributed by atoms with Crippen molar-refractivity contribution in [3.8, 4) is 0 Å². The van der Waals surface area contributed by atoms with Gasteiger partial charge in [0, 0.05) is 25.1 Å². The minimum Gasteiger partial charge on any atom is -0.368 e. The number of nitrogens with one attached hydrogen (secondary N) is 2. The van der Waals surface area contributed by atoms with E-state index in [1.165, 1.54) is 12.1 Å². The summed E-state index contributed by atoms with van der Waals surface area (Å²) in [5.41, 5.74) is 3.23. The molecular weight excluding hydrogens is 454 g/mol. The molecule has 34 heavy (non-hydrogen) atoms. The highest BCUT2D eigenvalue weighted by Gasteiger charge is 2.10. The van der Waals surface area contributed by atoms with Gasteiger partial charge in [0.1, 0.15) is 5.82 Å². The van der Waals surface area contributed by atoms with Crippen LogP contribution in [0.4, 0.5) is 5.82 Å². The van der Waals surface area contributed by atoms with E-state index >= 15 is 0 Å². The average molecular weight is 480 g/mol. The third kappa shape index (κ3) is 5.74. The Morgan fingerprint density at radius 1 is 1.00 bits per heavy atom. The molecule has 0 bridgehead atoms. The monoisotopic (exact) mass is 479 g/mol. The quantitative estimate of drug-likeness (QED) is 0.331. The molecule has 0 saturated heterocycles. The average Bonchev–Trinajstić information content (AvgIpc) is 3.21. The van der Waals surface area contributed by atoms with Crippen LogP contribution in [0.2, 0.25) is 0 Å². The lowest BCUT2D eigenvalue weighted by molar-refractivity contribution is 0.0954. The van der Waals surface area contributed by atoms with Crippen molar-refractivity contribution >= 4 is 27.4 Å². The Morgan fingerprint density at radius 3 is 2.53 bits per heavy atom. The number of anilines is 1. The molecule has 1 amide bonds. The Hall–Kier alpha value is -3.83. The normalized spacial score (nSPS) is 11.5. The summed E-state index contributed by atoms with van der Waals surface area (Å²) < 4.78 is 24.4. The van der Waals surface area contributed by atoms with Crippen molar-refractivity contribution in [1.82, 2.24) is 25.1 Å². The highest BCUT2D eigenvalue weighted by Crippen LogP contribution is 2.11. The minimum atomic E-state index is -3.69. The molecule has 0 unspecified atom stereocenters. The van der Waals surface area contributed by atoms with Gasteiger partial charge in [0.2, 0.25) is 10.0 Å². The Bertz CT molecular complexity index is 1420. The van der Waals surface area contributed by atoms with Gasteiger partial charge in [-0.2, -0.15) is 4.52 Å². The van der Waals surface area contributed by atoms with Crippen molar-refractivity contribution in [3.05, 3.63) is 83.2 Å². The summed E-state index contributed by atoms with van der Waals surface area (Å²) in [6.45, 7) is 2.94. The lowest BCUT2D eigenvalue weighted by atomic mass is 10.1. The maximum Gasteiger partial charge on any atom is 0.251 e. The smallest absolute Gasteiger partial charge is 0.251 e. The Kier molecular flexibility index (Phi) is 6.85. The number of fused-ring (bicyclic) bond motifs is 1. The van der Waals surface area contributed by atoms with E-state index in [9.17, 15) is 13.2 Å². The van der Waals surface area contributed by atoms with Crippen LogP contribution in [0.25, 0.3) is 5.65 Å². The second kappa shape index (κ2) is 9.98. The van der Waals surface area contributed by atoms with Crippen LogP contribution in [0.5, 0.6) is 0 Å². The molecule has 11 heteroatoms. The fourth-order valence-corrected chi connectivity index (χ4v) is 3.96. The Morgan fingerprint density at radius 2 is 1.79 bits per heavy atom. The predicted molar refractivity (Wildman–Crippen MR) is 128 cm³/mol. The number of aryl methyl sites for hydroxylation is 1. The molecule has 0 spiro atoms. The van der Waals surface area contributed by atoms with E-state index in [1.54, 1.807) is 22.7 Å². The van der Waals surface area contributed by atoms with Crippen LogP contribution in [0.15, 0.2) is 65.6 Å². The fraction of sp³-hybridized carbons (Fsp3) is 0.217. The van der Waals surface area contributed by atoms with E-state index in [4.69, 9.17) is 5.14 Å². The van der Waals surface area contributed by atoms with Crippen molar-refractivity contribution < 1.29 is 13.2 Å². The first-order valence-corrected chi connectivity index (χ1v) is 12.3. The SMILES string of the molecule is Cc1cccc(C(=O)NCCc2nnc3ccc(NCCc4ccc(S(N)(=O)=O)cc4)nn23)c1. The van der Waals surface area contributed by atoms with Crippen molar-refractivity contribution in [2.75, 3.05) is 18.4 Å². The van der Waals surface area contributed by atoms with Crippen molar-refractivity contribution in [2.45, 2.75) is 24.7 Å². The molecule has 0 aliphatic heterocycles. The summed E-state index contributed by atoms with van der Waals surface area (Å²) in [7, 11) is -3.69. The van der Waals surface area contributed by atoms with E-state index in [2.05, 4.69) is 25.9 Å². The Balaban J connectivity index is 1.33. The summed E-state index contributed by atoms with van der Waals surface area (Å²) >= 11 is 0. The molecule has 4 N–H and O–H groups in total. The third-order valence-electron chi connectivity index (χ3n) is 5.21. The van der Waals surface area contributed by atoms with Gasteiger partial charge in [0.05, 0.1) is 4.90 Å². The molecule has 0 atom stereocenters. The van der Waals surface area contributed by atoms with Gasteiger partial charge in [-0.1, -0.05) is 29.8 Å². The van der Waals surface area contributed by atoms with Crippen LogP contribution >= 0.6 is 0 Å². The minimum absolute atomic E-state index is 0.0894. The van der Waals surface area contributed by atoms with Gasteiger partial charge in [0.15, 0.2) is 11.5 Å².